The quantitative estimate of drug-likeness (QED) is 0.172. The molecular weight excluding hydrogens is 206 g/mol. The second kappa shape index (κ2) is 6.06. The molecule has 0 unspecified atom stereocenters. The van der Waals surface area contributed by atoms with Crippen LogP contribution in [0.4, 0.5) is 0 Å². The van der Waals surface area contributed by atoms with E-state index in [1.807, 2.05) is 13.8 Å². The van der Waals surface area contributed by atoms with Crippen molar-refractivity contribution in [2.45, 2.75) is 46.1 Å². The van der Waals surface area contributed by atoms with Crippen molar-refractivity contribution >= 4 is 5.84 Å². The predicted octanol–water partition coefficient (Wildman–Crippen LogP) is 0.900. The fourth-order valence-electron chi connectivity index (χ4n) is 1.31. The molecular formula is C11H25N3O2. The molecule has 5 nitrogen and oxygen atoms in total. The van der Waals surface area contributed by atoms with Crippen LogP contribution in [0.1, 0.15) is 40.5 Å². The Bertz CT molecular complexity index is 232. The third-order valence-corrected chi connectivity index (χ3v) is 2.51. The fraction of sp³-hybridized carbons (Fsp3) is 0.909. The Kier molecular flexibility index (Phi) is 5.75. The number of aliphatic hydroxyl groups is 1. The first kappa shape index (κ1) is 15.2. The summed E-state index contributed by atoms with van der Waals surface area (Å²) in [7, 11) is 0. The first-order chi connectivity index (χ1) is 7.19. The molecule has 96 valence electrons. The zero-order chi connectivity index (χ0) is 12.8. The summed E-state index contributed by atoms with van der Waals surface area (Å²) in [6, 6.07) is 0. The minimum Gasteiger partial charge on any atom is -0.409 e. The van der Waals surface area contributed by atoms with Crippen LogP contribution in [-0.4, -0.2) is 34.8 Å². The lowest BCUT2D eigenvalue weighted by atomic mass is 9.86. The highest BCUT2D eigenvalue weighted by molar-refractivity contribution is 5.85. The van der Waals surface area contributed by atoms with Gasteiger partial charge in [-0.1, -0.05) is 19.0 Å². The Hall–Kier alpha value is -0.810. The summed E-state index contributed by atoms with van der Waals surface area (Å²) >= 11 is 0. The standard InChI is InChI=1S/C11H25N3O2/c1-10(2,9(12)14-16)6-5-7-13-8-11(3,4)15/h13,15-16H,5-8H2,1-4H3,(H2,12,14). The lowest BCUT2D eigenvalue weighted by Gasteiger charge is -2.23. The zero-order valence-corrected chi connectivity index (χ0v) is 10.7. The van der Waals surface area contributed by atoms with E-state index in [9.17, 15) is 5.11 Å². The van der Waals surface area contributed by atoms with Gasteiger partial charge in [0.25, 0.3) is 0 Å². The molecule has 0 fully saturated rings. The average Bonchev–Trinajstić information content (AvgIpc) is 2.14. The van der Waals surface area contributed by atoms with Crippen LogP contribution in [0, 0.1) is 5.41 Å². The van der Waals surface area contributed by atoms with E-state index in [0.29, 0.717) is 6.54 Å². The van der Waals surface area contributed by atoms with Crippen molar-refractivity contribution in [3.8, 4) is 0 Å². The van der Waals surface area contributed by atoms with E-state index in [1.165, 1.54) is 0 Å². The molecule has 0 saturated heterocycles. The summed E-state index contributed by atoms with van der Waals surface area (Å²) in [4.78, 5) is 0. The summed E-state index contributed by atoms with van der Waals surface area (Å²) in [5.41, 5.74) is 4.61. The van der Waals surface area contributed by atoms with E-state index in [-0.39, 0.29) is 11.3 Å². The van der Waals surface area contributed by atoms with E-state index >= 15 is 0 Å². The number of nitrogens with one attached hydrogen (secondary N) is 1. The van der Waals surface area contributed by atoms with Crippen molar-refractivity contribution in [3.63, 3.8) is 0 Å². The minimum absolute atomic E-state index is 0.259. The highest BCUT2D eigenvalue weighted by atomic mass is 16.4. The first-order valence-corrected chi connectivity index (χ1v) is 5.60. The van der Waals surface area contributed by atoms with Crippen LogP contribution in [0.3, 0.4) is 0 Å². The van der Waals surface area contributed by atoms with Crippen LogP contribution in [0.2, 0.25) is 0 Å². The molecule has 0 aliphatic rings. The molecule has 0 aliphatic heterocycles. The smallest absolute Gasteiger partial charge is 0.144 e. The second-order valence-electron chi connectivity index (χ2n) is 5.46. The summed E-state index contributed by atoms with van der Waals surface area (Å²) in [6.07, 6.45) is 1.75. The maximum atomic E-state index is 9.47. The van der Waals surface area contributed by atoms with Gasteiger partial charge in [0, 0.05) is 12.0 Å². The van der Waals surface area contributed by atoms with Gasteiger partial charge in [-0.25, -0.2) is 0 Å². The van der Waals surface area contributed by atoms with Crippen molar-refractivity contribution in [3.05, 3.63) is 0 Å². The third kappa shape index (κ3) is 6.63. The van der Waals surface area contributed by atoms with Gasteiger partial charge in [-0.15, -0.1) is 0 Å². The highest BCUT2D eigenvalue weighted by Crippen LogP contribution is 2.21. The molecule has 0 atom stereocenters. The molecule has 0 aromatic rings. The number of oxime groups is 1. The van der Waals surface area contributed by atoms with E-state index in [0.717, 1.165) is 19.4 Å². The molecule has 0 aromatic heterocycles. The fourth-order valence-corrected chi connectivity index (χ4v) is 1.31. The van der Waals surface area contributed by atoms with Gasteiger partial charge in [0.2, 0.25) is 0 Å². The number of hydrogen-bond donors (Lipinski definition) is 4. The van der Waals surface area contributed by atoms with Gasteiger partial charge in [-0.3, -0.25) is 0 Å². The van der Waals surface area contributed by atoms with Crippen LogP contribution in [0.5, 0.6) is 0 Å². The molecule has 5 heteroatoms. The Labute approximate surface area is 97.7 Å². The molecule has 0 amide bonds. The average molecular weight is 231 g/mol. The maximum absolute atomic E-state index is 9.47. The second-order valence-corrected chi connectivity index (χ2v) is 5.46. The van der Waals surface area contributed by atoms with Crippen LogP contribution in [0.25, 0.3) is 0 Å². The van der Waals surface area contributed by atoms with Crippen molar-refractivity contribution in [2.75, 3.05) is 13.1 Å². The lowest BCUT2D eigenvalue weighted by molar-refractivity contribution is 0.0798. The SMILES string of the molecule is CC(C)(O)CNCCCC(C)(C)C(N)=NO. The van der Waals surface area contributed by atoms with E-state index < -0.39 is 5.60 Å². The molecule has 0 spiro atoms. The number of amidine groups is 1. The van der Waals surface area contributed by atoms with Crippen molar-refractivity contribution in [1.29, 1.82) is 0 Å². The van der Waals surface area contributed by atoms with Gasteiger partial charge in [0.15, 0.2) is 0 Å². The van der Waals surface area contributed by atoms with Gasteiger partial charge < -0.3 is 21.4 Å². The summed E-state index contributed by atoms with van der Waals surface area (Å²) < 4.78 is 0. The summed E-state index contributed by atoms with van der Waals surface area (Å²) in [5.74, 6) is 0.259. The topological polar surface area (TPSA) is 90.9 Å². The lowest BCUT2D eigenvalue weighted by Crippen LogP contribution is -2.36. The molecule has 0 aromatic carbocycles. The maximum Gasteiger partial charge on any atom is 0.144 e. The Morgan fingerprint density at radius 3 is 2.31 bits per heavy atom. The van der Waals surface area contributed by atoms with Crippen molar-refractivity contribution in [1.82, 2.24) is 5.32 Å². The summed E-state index contributed by atoms with van der Waals surface area (Å²) in [5, 5.41) is 24.3. The Morgan fingerprint density at radius 1 is 1.31 bits per heavy atom. The van der Waals surface area contributed by atoms with E-state index in [1.54, 1.807) is 13.8 Å². The number of rotatable bonds is 7. The predicted molar refractivity (Wildman–Crippen MR) is 65.6 cm³/mol. The van der Waals surface area contributed by atoms with Gasteiger partial charge in [0.05, 0.1) is 5.60 Å². The van der Waals surface area contributed by atoms with Gasteiger partial charge in [-0.2, -0.15) is 0 Å². The Morgan fingerprint density at radius 2 is 1.88 bits per heavy atom. The third-order valence-electron chi connectivity index (χ3n) is 2.51. The Balaban J connectivity index is 3.75. The van der Waals surface area contributed by atoms with E-state index in [4.69, 9.17) is 10.9 Å². The normalized spacial score (nSPS) is 14.2. The highest BCUT2D eigenvalue weighted by Gasteiger charge is 2.22. The van der Waals surface area contributed by atoms with Crippen LogP contribution in [0.15, 0.2) is 5.16 Å². The van der Waals surface area contributed by atoms with Gasteiger partial charge in [-0.05, 0) is 33.2 Å². The van der Waals surface area contributed by atoms with Gasteiger partial charge >= 0.3 is 0 Å². The molecule has 0 aliphatic carbocycles. The van der Waals surface area contributed by atoms with Crippen molar-refractivity contribution < 1.29 is 10.3 Å². The van der Waals surface area contributed by atoms with Gasteiger partial charge in [0.1, 0.15) is 5.84 Å². The van der Waals surface area contributed by atoms with Crippen LogP contribution >= 0.6 is 0 Å². The zero-order valence-electron chi connectivity index (χ0n) is 10.7. The minimum atomic E-state index is -0.679. The molecule has 5 N–H and O–H groups in total. The summed E-state index contributed by atoms with van der Waals surface area (Å²) in [6.45, 7) is 8.79. The molecule has 0 heterocycles. The molecule has 0 radical (unpaired) electrons. The number of nitrogens with zero attached hydrogens (tertiary/aromatic N) is 1. The van der Waals surface area contributed by atoms with Crippen LogP contribution < -0.4 is 11.1 Å². The largest absolute Gasteiger partial charge is 0.409 e. The number of hydrogen-bond acceptors (Lipinski definition) is 4. The molecule has 0 saturated carbocycles. The van der Waals surface area contributed by atoms with E-state index in [2.05, 4.69) is 10.5 Å². The van der Waals surface area contributed by atoms with Crippen molar-refractivity contribution in [2.24, 2.45) is 16.3 Å². The number of nitrogens with two attached hydrogens (primary N) is 1. The first-order valence-electron chi connectivity index (χ1n) is 5.60. The molecule has 16 heavy (non-hydrogen) atoms. The van der Waals surface area contributed by atoms with Crippen LogP contribution in [-0.2, 0) is 0 Å². The molecule has 0 rings (SSSR count). The molecule has 0 bridgehead atoms. The monoisotopic (exact) mass is 231 g/mol.